The summed E-state index contributed by atoms with van der Waals surface area (Å²) >= 11 is 0. The maximum Gasteiger partial charge on any atom is 0.167 e. The average Bonchev–Trinajstić information content (AvgIpc) is 2.05. The lowest BCUT2D eigenvalue weighted by molar-refractivity contribution is -0.175. The summed E-state index contributed by atoms with van der Waals surface area (Å²) in [4.78, 5) is 10.8. The molecule has 0 aromatic heterocycles. The molecule has 0 saturated heterocycles. The SMILES string of the molecule is CCOC(OCC)C(C=O)C(C)C. The van der Waals surface area contributed by atoms with Crippen LogP contribution in [0.1, 0.15) is 27.7 Å². The van der Waals surface area contributed by atoms with Gasteiger partial charge in [0, 0.05) is 13.2 Å². The van der Waals surface area contributed by atoms with Gasteiger partial charge in [0.2, 0.25) is 0 Å². The van der Waals surface area contributed by atoms with E-state index in [1.54, 1.807) is 0 Å². The maximum atomic E-state index is 10.8. The molecule has 3 heteroatoms. The molecule has 0 amide bonds. The van der Waals surface area contributed by atoms with Crippen molar-refractivity contribution >= 4 is 6.29 Å². The number of ether oxygens (including phenoxy) is 2. The van der Waals surface area contributed by atoms with Crippen molar-refractivity contribution in [1.29, 1.82) is 0 Å². The first-order valence-corrected chi connectivity index (χ1v) is 4.85. The van der Waals surface area contributed by atoms with Crippen LogP contribution >= 0.6 is 0 Å². The van der Waals surface area contributed by atoms with Gasteiger partial charge in [0.15, 0.2) is 6.29 Å². The van der Waals surface area contributed by atoms with Gasteiger partial charge in [-0.05, 0) is 19.8 Å². The van der Waals surface area contributed by atoms with E-state index in [0.717, 1.165) is 6.29 Å². The van der Waals surface area contributed by atoms with Crippen LogP contribution in [-0.4, -0.2) is 25.8 Å². The van der Waals surface area contributed by atoms with Gasteiger partial charge in [-0.3, -0.25) is 0 Å². The predicted molar refractivity (Wildman–Crippen MR) is 51.4 cm³/mol. The summed E-state index contributed by atoms with van der Waals surface area (Å²) in [5, 5.41) is 0. The Kier molecular flexibility index (Phi) is 6.82. The molecule has 0 aromatic carbocycles. The van der Waals surface area contributed by atoms with E-state index in [1.807, 2.05) is 27.7 Å². The molecule has 1 atom stereocenters. The number of carbonyl (C=O) groups is 1. The van der Waals surface area contributed by atoms with Crippen LogP contribution in [0.25, 0.3) is 0 Å². The number of rotatable bonds is 7. The van der Waals surface area contributed by atoms with E-state index < -0.39 is 0 Å². The van der Waals surface area contributed by atoms with Crippen molar-refractivity contribution in [2.75, 3.05) is 13.2 Å². The number of hydrogen-bond acceptors (Lipinski definition) is 3. The molecule has 3 nitrogen and oxygen atoms in total. The summed E-state index contributed by atoms with van der Waals surface area (Å²) in [5.41, 5.74) is 0. The van der Waals surface area contributed by atoms with Crippen LogP contribution in [0.4, 0.5) is 0 Å². The Labute approximate surface area is 80.4 Å². The summed E-state index contributed by atoms with van der Waals surface area (Å²) in [6.07, 6.45) is 0.535. The number of aldehydes is 1. The fraction of sp³-hybridized carbons (Fsp3) is 0.900. The third-order valence-electron chi connectivity index (χ3n) is 1.90. The Morgan fingerprint density at radius 3 is 1.85 bits per heavy atom. The molecule has 0 aromatic rings. The molecule has 0 rings (SSSR count). The lowest BCUT2D eigenvalue weighted by Gasteiger charge is -2.25. The molecule has 0 N–H and O–H groups in total. The molecule has 0 radical (unpaired) electrons. The molecule has 0 heterocycles. The first kappa shape index (κ1) is 12.6. The highest BCUT2D eigenvalue weighted by Gasteiger charge is 2.24. The van der Waals surface area contributed by atoms with E-state index >= 15 is 0 Å². The van der Waals surface area contributed by atoms with E-state index in [1.165, 1.54) is 0 Å². The van der Waals surface area contributed by atoms with Gasteiger partial charge < -0.3 is 14.3 Å². The smallest absolute Gasteiger partial charge is 0.167 e. The van der Waals surface area contributed by atoms with E-state index in [4.69, 9.17) is 9.47 Å². The van der Waals surface area contributed by atoms with E-state index in [9.17, 15) is 4.79 Å². The van der Waals surface area contributed by atoms with Crippen LogP contribution in [0, 0.1) is 11.8 Å². The van der Waals surface area contributed by atoms with Crippen LogP contribution < -0.4 is 0 Å². The first-order valence-electron chi connectivity index (χ1n) is 4.85. The van der Waals surface area contributed by atoms with Crippen molar-refractivity contribution in [2.45, 2.75) is 34.0 Å². The third kappa shape index (κ3) is 4.39. The zero-order valence-corrected chi connectivity index (χ0v) is 8.95. The molecular weight excluding hydrogens is 168 g/mol. The molecule has 0 saturated carbocycles. The summed E-state index contributed by atoms with van der Waals surface area (Å²) in [6, 6.07) is 0. The quantitative estimate of drug-likeness (QED) is 0.452. The largest absolute Gasteiger partial charge is 0.352 e. The Morgan fingerprint density at radius 2 is 1.62 bits per heavy atom. The second-order valence-corrected chi connectivity index (χ2v) is 3.24. The van der Waals surface area contributed by atoms with Crippen LogP contribution in [0.5, 0.6) is 0 Å². The van der Waals surface area contributed by atoms with E-state index in [0.29, 0.717) is 13.2 Å². The summed E-state index contributed by atoms with van der Waals surface area (Å²) in [6.45, 7) is 8.92. The maximum absolute atomic E-state index is 10.8. The zero-order valence-electron chi connectivity index (χ0n) is 8.95. The Bertz CT molecular complexity index is 128. The molecule has 0 bridgehead atoms. The Balaban J connectivity index is 4.19. The van der Waals surface area contributed by atoms with Crippen LogP contribution in [0.2, 0.25) is 0 Å². The van der Waals surface area contributed by atoms with Crippen LogP contribution in [0.3, 0.4) is 0 Å². The highest BCUT2D eigenvalue weighted by Crippen LogP contribution is 2.16. The molecular formula is C10H20O3. The van der Waals surface area contributed by atoms with Gasteiger partial charge in [-0.2, -0.15) is 0 Å². The van der Waals surface area contributed by atoms with E-state index in [2.05, 4.69) is 0 Å². The molecule has 78 valence electrons. The van der Waals surface area contributed by atoms with Gasteiger partial charge >= 0.3 is 0 Å². The predicted octanol–water partition coefficient (Wildman–Crippen LogP) is 1.86. The minimum Gasteiger partial charge on any atom is -0.352 e. The first-order chi connectivity index (χ1) is 6.17. The second-order valence-electron chi connectivity index (χ2n) is 3.24. The molecule has 0 fully saturated rings. The Morgan fingerprint density at radius 1 is 1.15 bits per heavy atom. The van der Waals surface area contributed by atoms with Gasteiger partial charge in [-0.25, -0.2) is 0 Å². The van der Waals surface area contributed by atoms with Crippen LogP contribution in [0.15, 0.2) is 0 Å². The van der Waals surface area contributed by atoms with Crippen molar-refractivity contribution in [3.63, 3.8) is 0 Å². The molecule has 0 aliphatic rings. The molecule has 0 spiro atoms. The van der Waals surface area contributed by atoms with Crippen molar-refractivity contribution in [3.8, 4) is 0 Å². The lowest BCUT2D eigenvalue weighted by Crippen LogP contribution is -2.32. The van der Waals surface area contributed by atoms with Gasteiger partial charge in [0.25, 0.3) is 0 Å². The standard InChI is InChI=1S/C10H20O3/c1-5-12-10(13-6-2)9(7-11)8(3)4/h7-10H,5-6H2,1-4H3. The zero-order chi connectivity index (χ0) is 10.3. The van der Waals surface area contributed by atoms with Crippen molar-refractivity contribution in [3.05, 3.63) is 0 Å². The normalized spacial score (nSPS) is 13.7. The number of carbonyl (C=O) groups excluding carboxylic acids is 1. The van der Waals surface area contributed by atoms with Gasteiger partial charge in [-0.1, -0.05) is 13.8 Å². The monoisotopic (exact) mass is 188 g/mol. The Hall–Kier alpha value is -0.410. The van der Waals surface area contributed by atoms with Crippen LogP contribution in [-0.2, 0) is 14.3 Å². The van der Waals surface area contributed by atoms with Gasteiger partial charge in [-0.15, -0.1) is 0 Å². The van der Waals surface area contributed by atoms with Crippen molar-refractivity contribution in [1.82, 2.24) is 0 Å². The van der Waals surface area contributed by atoms with Crippen molar-refractivity contribution in [2.24, 2.45) is 11.8 Å². The summed E-state index contributed by atoms with van der Waals surface area (Å²) in [5.74, 6) is 0.0838. The fourth-order valence-electron chi connectivity index (χ4n) is 1.13. The third-order valence-corrected chi connectivity index (χ3v) is 1.90. The summed E-state index contributed by atoms with van der Waals surface area (Å²) in [7, 11) is 0. The van der Waals surface area contributed by atoms with Crippen molar-refractivity contribution < 1.29 is 14.3 Å². The molecule has 1 unspecified atom stereocenters. The topological polar surface area (TPSA) is 35.5 Å². The number of hydrogen-bond donors (Lipinski definition) is 0. The van der Waals surface area contributed by atoms with E-state index in [-0.39, 0.29) is 18.1 Å². The van der Waals surface area contributed by atoms with Gasteiger partial charge in [0.1, 0.15) is 6.29 Å². The summed E-state index contributed by atoms with van der Waals surface area (Å²) < 4.78 is 10.7. The van der Waals surface area contributed by atoms with Gasteiger partial charge in [0.05, 0.1) is 5.92 Å². The fourth-order valence-corrected chi connectivity index (χ4v) is 1.13. The minimum atomic E-state index is -0.382. The molecule has 13 heavy (non-hydrogen) atoms. The minimum absolute atomic E-state index is 0.167. The lowest BCUT2D eigenvalue weighted by atomic mass is 9.97. The average molecular weight is 188 g/mol. The molecule has 0 aliphatic heterocycles. The highest BCUT2D eigenvalue weighted by atomic mass is 16.7. The molecule has 0 aliphatic carbocycles. The second kappa shape index (κ2) is 7.04. The highest BCUT2D eigenvalue weighted by molar-refractivity contribution is 5.54.